The van der Waals surface area contributed by atoms with Crippen LogP contribution in [-0.4, -0.2) is 36.4 Å². The third-order valence-corrected chi connectivity index (χ3v) is 5.84. The first kappa shape index (κ1) is 22.0. The van der Waals surface area contributed by atoms with Crippen molar-refractivity contribution < 1.29 is 22.8 Å². The topological polar surface area (TPSA) is 107 Å². The largest absolute Gasteiger partial charge is 0.417 e. The number of carbonyl (C=O) groups is 2. The Kier molecular flexibility index (Phi) is 5.08. The van der Waals surface area contributed by atoms with Crippen molar-refractivity contribution in [3.05, 3.63) is 65.2 Å². The maximum atomic E-state index is 12.9. The second-order valence-electron chi connectivity index (χ2n) is 8.33. The molecule has 0 spiro atoms. The highest BCUT2D eigenvalue weighted by Gasteiger charge is 2.34. The number of hydrazine groups is 1. The van der Waals surface area contributed by atoms with Gasteiger partial charge in [-0.15, -0.1) is 0 Å². The van der Waals surface area contributed by atoms with Crippen LogP contribution in [0.15, 0.2) is 42.7 Å². The minimum absolute atomic E-state index is 0.00356. The SMILES string of the molecule is Cn1nc(C(=O)C2CC2)c2cnc3ccc(C(=O)N(N)Cc4ccc(C(F)(F)F)cn4)cc3c21. The van der Waals surface area contributed by atoms with Crippen LogP contribution in [0.3, 0.4) is 0 Å². The van der Waals surface area contributed by atoms with Gasteiger partial charge in [-0.2, -0.15) is 18.3 Å². The molecule has 0 atom stereocenters. The predicted octanol–water partition coefficient (Wildman–Crippen LogP) is 3.64. The predicted molar refractivity (Wildman–Crippen MR) is 116 cm³/mol. The summed E-state index contributed by atoms with van der Waals surface area (Å²) in [4.78, 5) is 33.8. The molecule has 0 unspecified atom stereocenters. The second-order valence-corrected chi connectivity index (χ2v) is 8.33. The highest BCUT2D eigenvalue weighted by molar-refractivity contribution is 6.14. The number of alkyl halides is 3. The van der Waals surface area contributed by atoms with Gasteiger partial charge in [0.1, 0.15) is 5.69 Å². The van der Waals surface area contributed by atoms with Gasteiger partial charge in [-0.1, -0.05) is 0 Å². The first-order chi connectivity index (χ1) is 16.1. The van der Waals surface area contributed by atoms with Crippen molar-refractivity contribution >= 4 is 33.5 Å². The number of fused-ring (bicyclic) bond motifs is 3. The maximum Gasteiger partial charge on any atom is 0.417 e. The molecule has 1 aliphatic carbocycles. The molecule has 1 fully saturated rings. The molecule has 0 saturated heterocycles. The van der Waals surface area contributed by atoms with Gasteiger partial charge >= 0.3 is 6.18 Å². The van der Waals surface area contributed by atoms with Crippen LogP contribution >= 0.6 is 0 Å². The van der Waals surface area contributed by atoms with Gasteiger partial charge in [0.2, 0.25) is 0 Å². The monoisotopic (exact) mass is 468 g/mol. The zero-order valence-corrected chi connectivity index (χ0v) is 18.0. The van der Waals surface area contributed by atoms with Gasteiger partial charge in [-0.25, -0.2) is 5.84 Å². The van der Waals surface area contributed by atoms with Crippen LogP contribution in [0.25, 0.3) is 21.8 Å². The van der Waals surface area contributed by atoms with E-state index in [1.165, 1.54) is 6.07 Å². The van der Waals surface area contributed by atoms with E-state index >= 15 is 0 Å². The second kappa shape index (κ2) is 7.87. The third kappa shape index (κ3) is 3.87. The maximum absolute atomic E-state index is 12.9. The first-order valence-corrected chi connectivity index (χ1v) is 10.5. The molecule has 1 aromatic carbocycles. The average Bonchev–Trinajstić information content (AvgIpc) is 3.60. The van der Waals surface area contributed by atoms with Crippen LogP contribution < -0.4 is 5.84 Å². The summed E-state index contributed by atoms with van der Waals surface area (Å²) in [6.07, 6.45) is -0.460. The van der Waals surface area contributed by atoms with Gasteiger partial charge in [-0.05, 0) is 43.2 Å². The van der Waals surface area contributed by atoms with E-state index in [0.717, 1.165) is 23.9 Å². The van der Waals surface area contributed by atoms with E-state index in [2.05, 4.69) is 15.1 Å². The summed E-state index contributed by atoms with van der Waals surface area (Å²) in [6, 6.07) is 6.93. The molecule has 1 amide bonds. The lowest BCUT2D eigenvalue weighted by molar-refractivity contribution is -0.137. The van der Waals surface area contributed by atoms with Crippen molar-refractivity contribution in [1.82, 2.24) is 24.8 Å². The summed E-state index contributed by atoms with van der Waals surface area (Å²) in [5.41, 5.74) is 1.26. The highest BCUT2D eigenvalue weighted by atomic mass is 19.4. The number of benzene rings is 1. The molecule has 174 valence electrons. The molecule has 4 aromatic rings. The van der Waals surface area contributed by atoms with E-state index in [-0.39, 0.29) is 29.5 Å². The molecule has 0 bridgehead atoms. The van der Waals surface area contributed by atoms with Crippen LogP contribution in [0.4, 0.5) is 13.2 Å². The molecule has 8 nitrogen and oxygen atoms in total. The van der Waals surface area contributed by atoms with Gasteiger partial charge in [-0.3, -0.25) is 29.2 Å². The fourth-order valence-electron chi connectivity index (χ4n) is 3.91. The van der Waals surface area contributed by atoms with Crippen molar-refractivity contribution in [2.24, 2.45) is 18.8 Å². The van der Waals surface area contributed by atoms with E-state index in [1.54, 1.807) is 36.1 Å². The molecular formula is C23H19F3N6O2. The Morgan fingerprint density at radius 2 is 1.88 bits per heavy atom. The number of rotatable bonds is 5. The van der Waals surface area contributed by atoms with Crippen LogP contribution in [0.2, 0.25) is 0 Å². The van der Waals surface area contributed by atoms with E-state index in [4.69, 9.17) is 5.84 Å². The number of nitrogens with zero attached hydrogens (tertiary/aromatic N) is 5. The number of Topliss-reactive ketones (excluding diaryl/α,β-unsaturated/α-hetero) is 1. The minimum Gasteiger partial charge on any atom is -0.292 e. The molecule has 0 aliphatic heterocycles. The van der Waals surface area contributed by atoms with Gasteiger partial charge < -0.3 is 0 Å². The Balaban J connectivity index is 1.45. The number of hydrogen-bond donors (Lipinski definition) is 1. The molecule has 1 aliphatic rings. The van der Waals surface area contributed by atoms with Crippen molar-refractivity contribution in [2.45, 2.75) is 25.6 Å². The molecule has 34 heavy (non-hydrogen) atoms. The number of carbonyl (C=O) groups excluding carboxylic acids is 2. The first-order valence-electron chi connectivity index (χ1n) is 10.5. The van der Waals surface area contributed by atoms with Gasteiger partial charge in [0.25, 0.3) is 5.91 Å². The van der Waals surface area contributed by atoms with Crippen LogP contribution in [0, 0.1) is 5.92 Å². The lowest BCUT2D eigenvalue weighted by Crippen LogP contribution is -2.37. The van der Waals surface area contributed by atoms with Crippen LogP contribution in [0.1, 0.15) is 44.9 Å². The van der Waals surface area contributed by atoms with Gasteiger partial charge in [0, 0.05) is 41.7 Å². The van der Waals surface area contributed by atoms with E-state index in [0.29, 0.717) is 33.7 Å². The summed E-state index contributed by atoms with van der Waals surface area (Å²) in [7, 11) is 1.73. The lowest BCUT2D eigenvalue weighted by Gasteiger charge is -2.17. The lowest BCUT2D eigenvalue weighted by atomic mass is 10.1. The Labute approximate surface area is 191 Å². The van der Waals surface area contributed by atoms with Crippen LogP contribution in [-0.2, 0) is 19.8 Å². The normalized spacial score (nSPS) is 14.0. The summed E-state index contributed by atoms with van der Waals surface area (Å²) in [5, 5.41) is 6.55. The zero-order chi connectivity index (χ0) is 24.2. The molecule has 11 heteroatoms. The van der Waals surface area contributed by atoms with Crippen molar-refractivity contribution in [2.75, 3.05) is 0 Å². The quantitative estimate of drug-likeness (QED) is 0.207. The van der Waals surface area contributed by atoms with Crippen LogP contribution in [0.5, 0.6) is 0 Å². The molecule has 0 radical (unpaired) electrons. The third-order valence-electron chi connectivity index (χ3n) is 5.84. The smallest absolute Gasteiger partial charge is 0.292 e. The van der Waals surface area contributed by atoms with Gasteiger partial charge in [0.05, 0.1) is 28.8 Å². The molecular weight excluding hydrogens is 449 g/mol. The molecule has 3 heterocycles. The Morgan fingerprint density at radius 3 is 2.53 bits per heavy atom. The number of amides is 1. The minimum atomic E-state index is -4.50. The standard InChI is InChI=1S/C23H19F3N6O2/c1-31-20-16-8-13(22(34)32(27)11-15-6-5-14(9-28-15)23(24,25)26)4-7-18(16)29-10-17(20)19(30-31)21(33)12-2-3-12/h4-10,12H,2-3,11,27H2,1H3. The molecule has 5 rings (SSSR count). The number of nitrogens with two attached hydrogens (primary N) is 1. The summed E-state index contributed by atoms with van der Waals surface area (Å²) in [5.74, 6) is 5.38. The van der Waals surface area contributed by atoms with E-state index < -0.39 is 17.6 Å². The number of halogens is 3. The number of aromatic nitrogens is 4. The summed E-state index contributed by atoms with van der Waals surface area (Å²) >= 11 is 0. The molecule has 1 saturated carbocycles. The Hall–Kier alpha value is -3.86. The fourth-order valence-corrected chi connectivity index (χ4v) is 3.91. The van der Waals surface area contributed by atoms with Crippen molar-refractivity contribution in [3.8, 4) is 0 Å². The van der Waals surface area contributed by atoms with Crippen molar-refractivity contribution in [1.29, 1.82) is 0 Å². The van der Waals surface area contributed by atoms with E-state index in [9.17, 15) is 22.8 Å². The number of hydrogen-bond acceptors (Lipinski definition) is 6. The number of pyridine rings is 2. The van der Waals surface area contributed by atoms with E-state index in [1.807, 2.05) is 0 Å². The number of ketones is 1. The highest BCUT2D eigenvalue weighted by Crippen LogP contribution is 2.35. The molecule has 2 N–H and O–H groups in total. The summed E-state index contributed by atoms with van der Waals surface area (Å²) in [6.45, 7) is -0.177. The summed E-state index contributed by atoms with van der Waals surface area (Å²) < 4.78 is 39.8. The fraction of sp³-hybridized carbons (Fsp3) is 0.261. The number of aryl methyl sites for hydroxylation is 1. The zero-order valence-electron chi connectivity index (χ0n) is 18.0. The average molecular weight is 468 g/mol. The Morgan fingerprint density at radius 1 is 1.12 bits per heavy atom. The van der Waals surface area contributed by atoms with Gasteiger partial charge in [0.15, 0.2) is 5.78 Å². The Bertz CT molecular complexity index is 1440. The molecule has 3 aromatic heterocycles. The van der Waals surface area contributed by atoms with Crippen molar-refractivity contribution in [3.63, 3.8) is 0 Å².